The molecule has 0 radical (unpaired) electrons. The van der Waals surface area contributed by atoms with E-state index in [0.29, 0.717) is 20.7 Å². The highest BCUT2D eigenvalue weighted by Gasteiger charge is 2.06. The zero-order valence-corrected chi connectivity index (χ0v) is 11.1. The second-order valence-corrected chi connectivity index (χ2v) is 5.79. The van der Waals surface area contributed by atoms with Crippen LogP contribution in [0.25, 0.3) is 0 Å². The first-order valence-electron chi connectivity index (χ1n) is 5.09. The van der Waals surface area contributed by atoms with Gasteiger partial charge in [0.2, 0.25) is 0 Å². The molecule has 0 bridgehead atoms. The van der Waals surface area contributed by atoms with Crippen LogP contribution in [0.1, 0.15) is 19.3 Å². The van der Waals surface area contributed by atoms with E-state index in [1.807, 2.05) is 0 Å². The molecule has 1 rings (SSSR count). The van der Waals surface area contributed by atoms with Crippen LogP contribution in [-0.4, -0.2) is 21.7 Å². The Morgan fingerprint density at radius 3 is 2.50 bits per heavy atom. The average molecular weight is 281 g/mol. The summed E-state index contributed by atoms with van der Waals surface area (Å²) in [6.45, 7) is 0.194. The van der Waals surface area contributed by atoms with Crippen LogP contribution >= 0.6 is 23.2 Å². The Balaban J connectivity index is 2.50. The van der Waals surface area contributed by atoms with E-state index in [1.165, 1.54) is 0 Å². The number of benzene rings is 1. The van der Waals surface area contributed by atoms with E-state index in [-0.39, 0.29) is 6.61 Å². The summed E-state index contributed by atoms with van der Waals surface area (Å²) in [6.07, 6.45) is 2.50. The molecule has 0 aliphatic rings. The molecule has 1 N–H and O–H groups in total. The van der Waals surface area contributed by atoms with Gasteiger partial charge in [-0.05, 0) is 31.0 Å². The SMILES string of the molecule is O=S(CCCCCO)c1ccc(Cl)c(Cl)c1. The Morgan fingerprint density at radius 1 is 1.12 bits per heavy atom. The molecular formula is C11H14Cl2O2S. The highest BCUT2D eigenvalue weighted by Crippen LogP contribution is 2.24. The van der Waals surface area contributed by atoms with Gasteiger partial charge in [0.25, 0.3) is 0 Å². The second kappa shape index (κ2) is 7.28. The minimum absolute atomic E-state index is 0.194. The minimum Gasteiger partial charge on any atom is -0.396 e. The lowest BCUT2D eigenvalue weighted by molar-refractivity contribution is 0.284. The minimum atomic E-state index is -1.03. The van der Waals surface area contributed by atoms with Gasteiger partial charge in [-0.1, -0.05) is 29.6 Å². The maximum absolute atomic E-state index is 11.8. The van der Waals surface area contributed by atoms with E-state index in [2.05, 4.69) is 0 Å². The van der Waals surface area contributed by atoms with Gasteiger partial charge in [-0.3, -0.25) is 4.21 Å². The lowest BCUT2D eigenvalue weighted by Gasteiger charge is -2.03. The van der Waals surface area contributed by atoms with Crippen molar-refractivity contribution >= 4 is 34.0 Å². The van der Waals surface area contributed by atoms with Crippen LogP contribution < -0.4 is 0 Å². The normalized spacial score (nSPS) is 12.7. The molecule has 1 atom stereocenters. The highest BCUT2D eigenvalue weighted by atomic mass is 35.5. The van der Waals surface area contributed by atoms with E-state index in [4.69, 9.17) is 28.3 Å². The molecule has 0 heterocycles. The van der Waals surface area contributed by atoms with Crippen LogP contribution in [-0.2, 0) is 10.8 Å². The molecular weight excluding hydrogens is 267 g/mol. The maximum atomic E-state index is 11.8. The number of halogens is 2. The highest BCUT2D eigenvalue weighted by molar-refractivity contribution is 7.85. The lowest BCUT2D eigenvalue weighted by Crippen LogP contribution is -1.98. The monoisotopic (exact) mass is 280 g/mol. The average Bonchev–Trinajstić information content (AvgIpc) is 2.28. The maximum Gasteiger partial charge on any atom is 0.0604 e. The quantitative estimate of drug-likeness (QED) is 0.813. The number of hydrogen-bond donors (Lipinski definition) is 1. The van der Waals surface area contributed by atoms with Gasteiger partial charge in [-0.15, -0.1) is 0 Å². The molecule has 0 fully saturated rings. The van der Waals surface area contributed by atoms with E-state index in [0.717, 1.165) is 19.3 Å². The van der Waals surface area contributed by atoms with Crippen LogP contribution in [0.4, 0.5) is 0 Å². The fraction of sp³-hybridized carbons (Fsp3) is 0.455. The van der Waals surface area contributed by atoms with Gasteiger partial charge in [-0.25, -0.2) is 0 Å². The third-order valence-electron chi connectivity index (χ3n) is 2.14. The standard InChI is InChI=1S/C11H14Cl2O2S/c12-10-5-4-9(8-11(10)13)16(15)7-3-1-2-6-14/h4-5,8,14H,1-3,6-7H2. The van der Waals surface area contributed by atoms with Crippen LogP contribution in [0.5, 0.6) is 0 Å². The molecule has 0 saturated heterocycles. The Bertz CT molecular complexity index is 369. The van der Waals surface area contributed by atoms with Gasteiger partial charge in [0.1, 0.15) is 0 Å². The molecule has 1 aromatic carbocycles. The van der Waals surface area contributed by atoms with Crippen LogP contribution in [0, 0.1) is 0 Å². The fourth-order valence-electron chi connectivity index (χ4n) is 1.26. The smallest absolute Gasteiger partial charge is 0.0604 e. The Kier molecular flexibility index (Phi) is 6.36. The molecule has 0 aromatic heterocycles. The summed E-state index contributed by atoms with van der Waals surface area (Å²) in [4.78, 5) is 0.707. The number of unbranched alkanes of at least 4 members (excludes halogenated alkanes) is 2. The molecule has 16 heavy (non-hydrogen) atoms. The first-order chi connectivity index (χ1) is 7.65. The van der Waals surface area contributed by atoms with Crippen molar-refractivity contribution in [3.8, 4) is 0 Å². The van der Waals surface area contributed by atoms with Crippen molar-refractivity contribution in [3.63, 3.8) is 0 Å². The van der Waals surface area contributed by atoms with Gasteiger partial charge in [-0.2, -0.15) is 0 Å². The van der Waals surface area contributed by atoms with Crippen molar-refractivity contribution in [1.82, 2.24) is 0 Å². The Hall–Kier alpha value is -0.0900. The molecule has 0 aliphatic heterocycles. The molecule has 5 heteroatoms. The Morgan fingerprint density at radius 2 is 1.88 bits per heavy atom. The third kappa shape index (κ3) is 4.42. The van der Waals surface area contributed by atoms with Crippen molar-refractivity contribution in [2.24, 2.45) is 0 Å². The summed E-state index contributed by atoms with van der Waals surface area (Å²) in [5.41, 5.74) is 0. The van der Waals surface area contributed by atoms with Crippen molar-refractivity contribution < 1.29 is 9.32 Å². The van der Waals surface area contributed by atoms with E-state index in [1.54, 1.807) is 18.2 Å². The van der Waals surface area contributed by atoms with Gasteiger partial charge >= 0.3 is 0 Å². The number of aliphatic hydroxyl groups excluding tert-OH is 1. The van der Waals surface area contributed by atoms with E-state index < -0.39 is 10.8 Å². The van der Waals surface area contributed by atoms with E-state index in [9.17, 15) is 4.21 Å². The number of aliphatic hydroxyl groups is 1. The second-order valence-electron chi connectivity index (χ2n) is 3.41. The van der Waals surface area contributed by atoms with Crippen molar-refractivity contribution in [2.75, 3.05) is 12.4 Å². The van der Waals surface area contributed by atoms with Gasteiger partial charge in [0.05, 0.1) is 20.8 Å². The largest absolute Gasteiger partial charge is 0.396 e. The molecule has 0 aliphatic carbocycles. The predicted molar refractivity (Wildman–Crippen MR) is 68.7 cm³/mol. The topological polar surface area (TPSA) is 37.3 Å². The first kappa shape index (κ1) is 14.0. The zero-order chi connectivity index (χ0) is 12.0. The lowest BCUT2D eigenvalue weighted by atomic mass is 10.3. The first-order valence-corrected chi connectivity index (χ1v) is 7.17. The number of rotatable bonds is 6. The summed E-state index contributed by atoms with van der Waals surface area (Å²) in [5, 5.41) is 9.52. The van der Waals surface area contributed by atoms with Gasteiger partial charge in [0.15, 0.2) is 0 Å². The van der Waals surface area contributed by atoms with Crippen LogP contribution in [0.15, 0.2) is 23.1 Å². The molecule has 1 unspecified atom stereocenters. The van der Waals surface area contributed by atoms with Crippen molar-refractivity contribution in [2.45, 2.75) is 24.2 Å². The van der Waals surface area contributed by atoms with E-state index >= 15 is 0 Å². The van der Waals surface area contributed by atoms with Crippen LogP contribution in [0.3, 0.4) is 0 Å². The Labute approximate surface area is 108 Å². The summed E-state index contributed by atoms with van der Waals surface area (Å²) in [6, 6.07) is 5.03. The molecule has 0 spiro atoms. The molecule has 0 saturated carbocycles. The van der Waals surface area contributed by atoms with Crippen LogP contribution in [0.2, 0.25) is 10.0 Å². The fourth-order valence-corrected chi connectivity index (χ4v) is 2.79. The van der Waals surface area contributed by atoms with Gasteiger partial charge < -0.3 is 5.11 Å². The van der Waals surface area contributed by atoms with Crippen molar-refractivity contribution in [3.05, 3.63) is 28.2 Å². The molecule has 2 nitrogen and oxygen atoms in total. The van der Waals surface area contributed by atoms with Crippen molar-refractivity contribution in [1.29, 1.82) is 0 Å². The summed E-state index contributed by atoms with van der Waals surface area (Å²) in [5.74, 6) is 0.595. The summed E-state index contributed by atoms with van der Waals surface area (Å²) >= 11 is 11.6. The predicted octanol–water partition coefficient (Wildman–Crippen LogP) is 3.26. The van der Waals surface area contributed by atoms with Gasteiger partial charge in [0, 0.05) is 17.3 Å². The third-order valence-corrected chi connectivity index (χ3v) is 4.32. The summed E-state index contributed by atoms with van der Waals surface area (Å²) < 4.78 is 11.8. The summed E-state index contributed by atoms with van der Waals surface area (Å²) in [7, 11) is -1.03. The molecule has 0 amide bonds. The molecule has 1 aromatic rings. The molecule has 90 valence electrons. The number of hydrogen-bond acceptors (Lipinski definition) is 2. The zero-order valence-electron chi connectivity index (χ0n) is 8.79.